The van der Waals surface area contributed by atoms with Gasteiger partial charge >= 0.3 is 0 Å². The summed E-state index contributed by atoms with van der Waals surface area (Å²) in [6.45, 7) is 3.30. The van der Waals surface area contributed by atoms with Crippen molar-refractivity contribution >= 4 is 16.7 Å². The van der Waals surface area contributed by atoms with Crippen molar-refractivity contribution in [2.45, 2.75) is 26.3 Å². The molecule has 1 aromatic carbocycles. The van der Waals surface area contributed by atoms with Crippen LogP contribution in [0.2, 0.25) is 0 Å². The minimum atomic E-state index is 0.248. The molecule has 0 fully saturated rings. The third kappa shape index (κ3) is 2.58. The van der Waals surface area contributed by atoms with E-state index in [-0.39, 0.29) is 6.61 Å². The van der Waals surface area contributed by atoms with Crippen LogP contribution < -0.4 is 5.73 Å². The maximum atomic E-state index is 9.00. The fourth-order valence-corrected chi connectivity index (χ4v) is 2.11. The number of rotatable bonds is 5. The molecule has 0 saturated heterocycles. The fourth-order valence-electron chi connectivity index (χ4n) is 2.11. The van der Waals surface area contributed by atoms with Crippen molar-refractivity contribution in [1.29, 1.82) is 0 Å². The molecular formula is C13H19N3O. The van der Waals surface area contributed by atoms with Crippen molar-refractivity contribution in [3.05, 3.63) is 24.5 Å². The highest BCUT2D eigenvalue weighted by Crippen LogP contribution is 2.19. The van der Waals surface area contributed by atoms with Gasteiger partial charge < -0.3 is 15.4 Å². The van der Waals surface area contributed by atoms with Crippen LogP contribution in [0.4, 0.5) is 5.69 Å². The highest BCUT2D eigenvalue weighted by Gasteiger charge is 2.09. The van der Waals surface area contributed by atoms with Crippen LogP contribution in [0.25, 0.3) is 11.0 Å². The first kappa shape index (κ1) is 11.9. The van der Waals surface area contributed by atoms with E-state index in [0.29, 0.717) is 5.92 Å². The van der Waals surface area contributed by atoms with Gasteiger partial charge in [-0.15, -0.1) is 0 Å². The predicted octanol–water partition coefficient (Wildman–Crippen LogP) is 2.03. The van der Waals surface area contributed by atoms with Gasteiger partial charge in [-0.1, -0.05) is 13.3 Å². The first-order valence-electron chi connectivity index (χ1n) is 6.05. The number of anilines is 1. The van der Waals surface area contributed by atoms with E-state index in [4.69, 9.17) is 10.8 Å². The molecule has 3 N–H and O–H groups in total. The number of nitrogens with two attached hydrogens (primary N) is 1. The number of benzene rings is 1. The van der Waals surface area contributed by atoms with Gasteiger partial charge in [-0.2, -0.15) is 0 Å². The van der Waals surface area contributed by atoms with Gasteiger partial charge in [-0.25, -0.2) is 4.98 Å². The fraction of sp³-hybridized carbons (Fsp3) is 0.462. The summed E-state index contributed by atoms with van der Waals surface area (Å²) in [6, 6.07) is 5.79. The van der Waals surface area contributed by atoms with E-state index in [0.717, 1.165) is 36.1 Å². The molecule has 1 heterocycles. The molecule has 0 amide bonds. The molecule has 0 saturated carbocycles. The van der Waals surface area contributed by atoms with Crippen molar-refractivity contribution in [3.8, 4) is 0 Å². The summed E-state index contributed by atoms with van der Waals surface area (Å²) < 4.78 is 2.14. The van der Waals surface area contributed by atoms with Crippen LogP contribution in [0.3, 0.4) is 0 Å². The number of nitrogens with zero attached hydrogens (tertiary/aromatic N) is 2. The topological polar surface area (TPSA) is 64.1 Å². The van der Waals surface area contributed by atoms with Crippen molar-refractivity contribution in [2.24, 2.45) is 5.92 Å². The van der Waals surface area contributed by atoms with Crippen LogP contribution in [-0.2, 0) is 6.54 Å². The summed E-state index contributed by atoms with van der Waals surface area (Å²) in [4.78, 5) is 4.35. The minimum Gasteiger partial charge on any atom is -0.399 e. The molecule has 0 aliphatic heterocycles. The number of imidazole rings is 1. The van der Waals surface area contributed by atoms with Crippen LogP contribution in [0.1, 0.15) is 19.8 Å². The summed E-state index contributed by atoms with van der Waals surface area (Å²) in [6.07, 6.45) is 3.75. The maximum Gasteiger partial charge on any atom is 0.0958 e. The third-order valence-electron chi connectivity index (χ3n) is 3.21. The first-order chi connectivity index (χ1) is 8.24. The highest BCUT2D eigenvalue weighted by atomic mass is 16.3. The Labute approximate surface area is 101 Å². The molecule has 17 heavy (non-hydrogen) atoms. The van der Waals surface area contributed by atoms with Crippen molar-refractivity contribution in [2.75, 3.05) is 12.3 Å². The van der Waals surface area contributed by atoms with Gasteiger partial charge in [0.25, 0.3) is 0 Å². The second-order valence-corrected chi connectivity index (χ2v) is 4.43. The second kappa shape index (κ2) is 5.19. The van der Waals surface area contributed by atoms with E-state index in [1.165, 1.54) is 0 Å². The van der Waals surface area contributed by atoms with Gasteiger partial charge in [0.1, 0.15) is 0 Å². The number of hydrogen-bond donors (Lipinski definition) is 2. The Morgan fingerprint density at radius 2 is 2.29 bits per heavy atom. The lowest BCUT2D eigenvalue weighted by Gasteiger charge is -2.14. The molecule has 0 aliphatic carbocycles. The van der Waals surface area contributed by atoms with Crippen LogP contribution in [-0.4, -0.2) is 21.3 Å². The molecule has 0 bridgehead atoms. The van der Waals surface area contributed by atoms with E-state index in [9.17, 15) is 0 Å². The SMILES string of the molecule is CCC(CCO)Cn1cnc2cc(N)ccc21. The lowest BCUT2D eigenvalue weighted by Crippen LogP contribution is -2.10. The molecule has 0 aliphatic rings. The van der Waals surface area contributed by atoms with Crippen molar-refractivity contribution < 1.29 is 5.11 Å². The average molecular weight is 233 g/mol. The Hall–Kier alpha value is -1.55. The predicted molar refractivity (Wildman–Crippen MR) is 69.6 cm³/mol. The summed E-state index contributed by atoms with van der Waals surface area (Å²) in [7, 11) is 0. The molecule has 0 spiro atoms. The monoisotopic (exact) mass is 233 g/mol. The Morgan fingerprint density at radius 3 is 3.00 bits per heavy atom. The number of aliphatic hydroxyl groups is 1. The minimum absolute atomic E-state index is 0.248. The van der Waals surface area contributed by atoms with Crippen LogP contribution in [0.5, 0.6) is 0 Å². The van der Waals surface area contributed by atoms with Gasteiger partial charge in [0.2, 0.25) is 0 Å². The molecule has 1 aromatic heterocycles. The van der Waals surface area contributed by atoms with Gasteiger partial charge in [0.15, 0.2) is 0 Å². The van der Waals surface area contributed by atoms with E-state index >= 15 is 0 Å². The molecule has 1 atom stereocenters. The Morgan fingerprint density at radius 1 is 1.47 bits per heavy atom. The first-order valence-corrected chi connectivity index (χ1v) is 6.05. The zero-order valence-corrected chi connectivity index (χ0v) is 10.1. The molecular weight excluding hydrogens is 214 g/mol. The zero-order chi connectivity index (χ0) is 12.3. The molecule has 1 unspecified atom stereocenters. The van der Waals surface area contributed by atoms with Gasteiger partial charge in [-0.05, 0) is 30.5 Å². The van der Waals surface area contributed by atoms with E-state index in [2.05, 4.69) is 16.5 Å². The van der Waals surface area contributed by atoms with Gasteiger partial charge in [-0.3, -0.25) is 0 Å². The lowest BCUT2D eigenvalue weighted by atomic mass is 10.0. The summed E-state index contributed by atoms with van der Waals surface area (Å²) in [5, 5.41) is 9.00. The summed E-state index contributed by atoms with van der Waals surface area (Å²) in [5.41, 5.74) is 8.51. The molecule has 92 valence electrons. The van der Waals surface area contributed by atoms with Crippen LogP contribution in [0.15, 0.2) is 24.5 Å². The number of hydrogen-bond acceptors (Lipinski definition) is 3. The smallest absolute Gasteiger partial charge is 0.0958 e. The highest BCUT2D eigenvalue weighted by molar-refractivity contribution is 5.78. The second-order valence-electron chi connectivity index (χ2n) is 4.43. The quantitative estimate of drug-likeness (QED) is 0.777. The largest absolute Gasteiger partial charge is 0.399 e. The summed E-state index contributed by atoms with van der Waals surface area (Å²) in [5.74, 6) is 0.495. The van der Waals surface area contributed by atoms with Crippen molar-refractivity contribution in [1.82, 2.24) is 9.55 Å². The normalized spacial score (nSPS) is 13.1. The maximum absolute atomic E-state index is 9.00. The third-order valence-corrected chi connectivity index (χ3v) is 3.21. The molecule has 0 radical (unpaired) electrons. The molecule has 4 nitrogen and oxygen atoms in total. The van der Waals surface area contributed by atoms with Gasteiger partial charge in [0.05, 0.1) is 17.4 Å². The lowest BCUT2D eigenvalue weighted by molar-refractivity contribution is 0.244. The number of aliphatic hydroxyl groups excluding tert-OH is 1. The van der Waals surface area contributed by atoms with Crippen LogP contribution >= 0.6 is 0 Å². The van der Waals surface area contributed by atoms with E-state index < -0.39 is 0 Å². The Balaban J connectivity index is 2.23. The number of fused-ring (bicyclic) bond motifs is 1. The molecule has 4 heteroatoms. The summed E-state index contributed by atoms with van der Waals surface area (Å²) >= 11 is 0. The average Bonchev–Trinajstić information content (AvgIpc) is 2.71. The van der Waals surface area contributed by atoms with E-state index in [1.54, 1.807) is 0 Å². The molecule has 2 aromatic rings. The van der Waals surface area contributed by atoms with E-state index in [1.807, 2.05) is 24.5 Å². The molecule has 2 rings (SSSR count). The van der Waals surface area contributed by atoms with Crippen molar-refractivity contribution in [3.63, 3.8) is 0 Å². The van der Waals surface area contributed by atoms with Gasteiger partial charge in [0, 0.05) is 18.8 Å². The number of nitrogen functional groups attached to an aromatic ring is 1. The standard InChI is InChI=1S/C13H19N3O/c1-2-10(5-6-17)8-16-9-15-12-7-11(14)3-4-13(12)16/h3-4,7,9-10,17H,2,5-6,8,14H2,1H3. The zero-order valence-electron chi connectivity index (χ0n) is 10.1. The van der Waals surface area contributed by atoms with Crippen LogP contribution in [0, 0.1) is 5.92 Å². The Kier molecular flexibility index (Phi) is 3.64. The number of aromatic nitrogens is 2. The Bertz CT molecular complexity index is 492.